The molecule has 0 radical (unpaired) electrons. The molecule has 0 unspecified atom stereocenters. The highest BCUT2D eigenvalue weighted by atomic mass is 32.2. The summed E-state index contributed by atoms with van der Waals surface area (Å²) >= 11 is 3.09. The third-order valence-corrected chi connectivity index (χ3v) is 6.91. The maximum absolute atomic E-state index is 11.6. The van der Waals surface area contributed by atoms with Crippen molar-refractivity contribution in [3.8, 4) is 0 Å². The second-order valence-electron chi connectivity index (χ2n) is 4.95. The second-order valence-corrected chi connectivity index (χ2v) is 9.59. The molecule has 3 heterocycles. The van der Waals surface area contributed by atoms with E-state index >= 15 is 0 Å². The molecule has 1 aliphatic heterocycles. The van der Waals surface area contributed by atoms with E-state index in [1.165, 1.54) is 11.3 Å². The Kier molecular flexibility index (Phi) is 4.02. The zero-order chi connectivity index (χ0) is 15.0. The van der Waals surface area contributed by atoms with Crippen molar-refractivity contribution in [1.29, 1.82) is 0 Å². The van der Waals surface area contributed by atoms with E-state index in [1.54, 1.807) is 16.4 Å². The Balaban J connectivity index is 1.76. The highest BCUT2D eigenvalue weighted by Gasteiger charge is 2.31. The first kappa shape index (κ1) is 14.9. The van der Waals surface area contributed by atoms with Crippen LogP contribution in [0, 0.1) is 13.8 Å². The fraction of sp³-hybridized carbons (Fsp3) is 0.636. The van der Waals surface area contributed by atoms with Crippen LogP contribution in [0.5, 0.6) is 0 Å². The van der Waals surface area contributed by atoms with Crippen molar-refractivity contribution in [2.24, 2.45) is 0 Å². The first-order valence-electron chi connectivity index (χ1n) is 6.48. The largest absolute Gasteiger partial charge is 0.245 e. The van der Waals surface area contributed by atoms with Gasteiger partial charge in [0.15, 0.2) is 14.2 Å². The van der Waals surface area contributed by atoms with Crippen molar-refractivity contribution in [3.63, 3.8) is 0 Å². The molecule has 1 atom stereocenters. The minimum atomic E-state index is -2.93. The minimum Gasteiger partial charge on any atom is -0.245 e. The third kappa shape index (κ3) is 3.43. The van der Waals surface area contributed by atoms with E-state index < -0.39 is 9.84 Å². The maximum Gasteiger partial charge on any atom is 0.174 e. The lowest BCUT2D eigenvalue weighted by Gasteiger charge is -2.10. The van der Waals surface area contributed by atoms with Gasteiger partial charge >= 0.3 is 0 Å². The Labute approximate surface area is 131 Å². The van der Waals surface area contributed by atoms with Crippen molar-refractivity contribution in [3.05, 3.63) is 16.7 Å². The molecule has 1 aliphatic rings. The Bertz CT molecular complexity index is 752. The molecule has 2 aromatic heterocycles. The van der Waals surface area contributed by atoms with Crippen LogP contribution in [0.15, 0.2) is 4.34 Å². The maximum atomic E-state index is 11.6. The van der Waals surface area contributed by atoms with Crippen LogP contribution in [-0.4, -0.2) is 44.9 Å². The monoisotopic (exact) mass is 345 g/mol. The van der Waals surface area contributed by atoms with E-state index in [0.717, 1.165) is 15.2 Å². The summed E-state index contributed by atoms with van der Waals surface area (Å²) in [5.74, 6) is 2.48. The molecule has 1 fully saturated rings. The molecule has 0 aromatic carbocycles. The molecule has 0 N–H and O–H groups in total. The Morgan fingerprint density at radius 1 is 1.38 bits per heavy atom. The average Bonchev–Trinajstić information content (AvgIpc) is 3.06. The van der Waals surface area contributed by atoms with Gasteiger partial charge in [0.2, 0.25) is 0 Å². The molecule has 0 bridgehead atoms. The predicted molar refractivity (Wildman–Crippen MR) is 81.3 cm³/mol. The fourth-order valence-corrected chi connectivity index (χ4v) is 5.73. The summed E-state index contributed by atoms with van der Waals surface area (Å²) in [6, 6.07) is -0.0945. The number of thioether (sulfide) groups is 1. The van der Waals surface area contributed by atoms with Gasteiger partial charge < -0.3 is 0 Å². The van der Waals surface area contributed by atoms with E-state index in [2.05, 4.69) is 20.3 Å². The van der Waals surface area contributed by atoms with Gasteiger partial charge in [-0.05, 0) is 20.3 Å². The van der Waals surface area contributed by atoms with Crippen LogP contribution in [0.25, 0.3) is 0 Å². The molecule has 21 heavy (non-hydrogen) atoms. The van der Waals surface area contributed by atoms with Crippen LogP contribution in [0.1, 0.15) is 29.1 Å². The fourth-order valence-electron chi connectivity index (χ4n) is 2.30. The highest BCUT2D eigenvalue weighted by molar-refractivity contribution is 8.00. The van der Waals surface area contributed by atoms with E-state index in [-0.39, 0.29) is 17.5 Å². The van der Waals surface area contributed by atoms with E-state index in [1.807, 2.05) is 13.8 Å². The summed E-state index contributed by atoms with van der Waals surface area (Å²) in [6.45, 7) is 3.74. The summed E-state index contributed by atoms with van der Waals surface area (Å²) in [5, 5.41) is 13.3. The standard InChI is InChI=1S/C11H15N5O2S3/c1-7-12-10(5-19-11-14-13-8(2)20-11)16(15-7)9-3-4-21(17,18)6-9/h9H,3-6H2,1-2H3/t9-/m0/s1. The van der Waals surface area contributed by atoms with E-state index in [4.69, 9.17) is 0 Å². The van der Waals surface area contributed by atoms with Crippen molar-refractivity contribution in [2.75, 3.05) is 11.5 Å². The topological polar surface area (TPSA) is 90.6 Å². The van der Waals surface area contributed by atoms with Crippen LogP contribution >= 0.6 is 23.1 Å². The minimum absolute atomic E-state index is 0.0945. The summed E-state index contributed by atoms with van der Waals surface area (Å²) < 4.78 is 25.9. The zero-order valence-corrected chi connectivity index (χ0v) is 14.1. The first-order valence-corrected chi connectivity index (χ1v) is 10.1. The Hall–Kier alpha value is -1.00. The number of hydrogen-bond donors (Lipinski definition) is 0. The predicted octanol–water partition coefficient (Wildman–Crippen LogP) is 1.40. The number of rotatable bonds is 4. The molecule has 0 amide bonds. The number of aromatic nitrogens is 5. The summed E-state index contributed by atoms with van der Waals surface area (Å²) in [7, 11) is -2.93. The lowest BCUT2D eigenvalue weighted by Crippen LogP contribution is -2.15. The number of sulfone groups is 1. The lowest BCUT2D eigenvalue weighted by molar-refractivity contribution is 0.482. The second kappa shape index (κ2) is 5.65. The SMILES string of the molecule is Cc1nc(CSc2nnc(C)s2)n([C@H]2CCS(=O)(=O)C2)n1. The van der Waals surface area contributed by atoms with E-state index in [9.17, 15) is 8.42 Å². The summed E-state index contributed by atoms with van der Waals surface area (Å²) in [4.78, 5) is 4.42. The summed E-state index contributed by atoms with van der Waals surface area (Å²) in [5.41, 5.74) is 0. The molecular formula is C11H15N5O2S3. The molecule has 114 valence electrons. The molecule has 1 saturated heterocycles. The van der Waals surface area contributed by atoms with Gasteiger partial charge in [-0.2, -0.15) is 5.10 Å². The van der Waals surface area contributed by atoms with Gasteiger partial charge in [-0.15, -0.1) is 10.2 Å². The molecule has 2 aromatic rings. The van der Waals surface area contributed by atoms with Crippen LogP contribution < -0.4 is 0 Å². The van der Waals surface area contributed by atoms with Crippen molar-refractivity contribution in [2.45, 2.75) is 36.4 Å². The quantitative estimate of drug-likeness (QED) is 0.774. The molecule has 0 saturated carbocycles. The highest BCUT2D eigenvalue weighted by Crippen LogP contribution is 2.28. The molecule has 7 nitrogen and oxygen atoms in total. The summed E-state index contributed by atoms with van der Waals surface area (Å²) in [6.07, 6.45) is 0.612. The Morgan fingerprint density at radius 2 is 2.19 bits per heavy atom. The normalized spacial score (nSPS) is 21.0. The number of hydrogen-bond acceptors (Lipinski definition) is 8. The van der Waals surface area contributed by atoms with Crippen LogP contribution in [0.4, 0.5) is 0 Å². The van der Waals surface area contributed by atoms with E-state index in [0.29, 0.717) is 18.0 Å². The zero-order valence-electron chi connectivity index (χ0n) is 11.7. The first-order chi connectivity index (χ1) is 9.93. The van der Waals surface area contributed by atoms with Crippen molar-refractivity contribution in [1.82, 2.24) is 25.0 Å². The number of nitrogens with zero attached hydrogens (tertiary/aromatic N) is 5. The molecule has 0 spiro atoms. The van der Waals surface area contributed by atoms with Crippen LogP contribution in [0.2, 0.25) is 0 Å². The van der Waals surface area contributed by atoms with Crippen LogP contribution in [0.3, 0.4) is 0 Å². The third-order valence-electron chi connectivity index (χ3n) is 3.19. The van der Waals surface area contributed by atoms with Gasteiger partial charge in [0.05, 0.1) is 23.3 Å². The van der Waals surface area contributed by atoms with Crippen molar-refractivity contribution < 1.29 is 8.42 Å². The Morgan fingerprint density at radius 3 is 2.81 bits per heavy atom. The van der Waals surface area contributed by atoms with Crippen LogP contribution in [-0.2, 0) is 15.6 Å². The smallest absolute Gasteiger partial charge is 0.174 e. The molecule has 0 aliphatic carbocycles. The van der Waals surface area contributed by atoms with Gasteiger partial charge in [-0.1, -0.05) is 23.1 Å². The van der Waals surface area contributed by atoms with Crippen molar-refractivity contribution >= 4 is 32.9 Å². The van der Waals surface area contributed by atoms with Gasteiger partial charge in [0.25, 0.3) is 0 Å². The lowest BCUT2D eigenvalue weighted by atomic mass is 10.3. The molecular weight excluding hydrogens is 330 g/mol. The molecule has 3 rings (SSSR count). The van der Waals surface area contributed by atoms with Gasteiger partial charge in [0.1, 0.15) is 16.7 Å². The average molecular weight is 345 g/mol. The van der Waals surface area contributed by atoms with Gasteiger partial charge in [-0.3, -0.25) is 0 Å². The molecule has 10 heteroatoms. The van der Waals surface area contributed by atoms with Gasteiger partial charge in [0, 0.05) is 0 Å². The van der Waals surface area contributed by atoms with Gasteiger partial charge in [-0.25, -0.2) is 18.1 Å². The number of aryl methyl sites for hydroxylation is 2.